The van der Waals surface area contributed by atoms with E-state index in [1.54, 1.807) is 18.3 Å². The van der Waals surface area contributed by atoms with E-state index in [0.717, 1.165) is 20.7 Å². The number of ether oxygens (including phenoxy) is 1. The lowest BCUT2D eigenvalue weighted by Gasteiger charge is -2.07. The number of rotatable bonds is 6. The molecule has 4 rings (SSSR count). The summed E-state index contributed by atoms with van der Waals surface area (Å²) in [5.41, 5.74) is 6.98. The van der Waals surface area contributed by atoms with E-state index in [9.17, 15) is 4.79 Å². The van der Waals surface area contributed by atoms with E-state index in [1.165, 1.54) is 22.7 Å². The van der Waals surface area contributed by atoms with Crippen LogP contribution in [-0.2, 0) is 6.54 Å². The average molecular weight is 409 g/mol. The number of benzene rings is 1. The van der Waals surface area contributed by atoms with Crippen LogP contribution < -0.4 is 15.8 Å². The Balaban J connectivity index is 1.38. The fraction of sp³-hybridized carbons (Fsp3) is 0.0500. The first-order valence-corrected chi connectivity index (χ1v) is 10.1. The molecule has 0 bridgehead atoms. The second-order valence-corrected chi connectivity index (χ2v) is 7.81. The van der Waals surface area contributed by atoms with Gasteiger partial charge in [0, 0.05) is 16.5 Å². The normalized spacial score (nSPS) is 10.6. The lowest BCUT2D eigenvalue weighted by atomic mass is 10.2. The average Bonchev–Trinajstić information content (AvgIpc) is 3.39. The Hall–Kier alpha value is -3.23. The van der Waals surface area contributed by atoms with Crippen molar-refractivity contribution in [1.82, 2.24) is 15.3 Å². The number of pyridine rings is 1. The lowest BCUT2D eigenvalue weighted by Crippen LogP contribution is -2.23. The fourth-order valence-electron chi connectivity index (χ4n) is 2.51. The maximum Gasteiger partial charge on any atom is 0.255 e. The Morgan fingerprint density at radius 3 is 2.71 bits per heavy atom. The molecule has 140 valence electrons. The van der Waals surface area contributed by atoms with Crippen LogP contribution in [0.3, 0.4) is 0 Å². The topological polar surface area (TPSA) is 90.1 Å². The summed E-state index contributed by atoms with van der Waals surface area (Å²) in [5, 5.41) is 6.27. The third-order valence-electron chi connectivity index (χ3n) is 3.84. The molecule has 0 spiro atoms. The predicted molar refractivity (Wildman–Crippen MR) is 112 cm³/mol. The Kier molecular flexibility index (Phi) is 5.31. The number of carbonyl (C=O) groups is 1. The van der Waals surface area contributed by atoms with Crippen LogP contribution in [-0.4, -0.2) is 15.9 Å². The number of nitrogens with zero attached hydrogens (tertiary/aromatic N) is 2. The summed E-state index contributed by atoms with van der Waals surface area (Å²) in [6, 6.07) is 16.8. The van der Waals surface area contributed by atoms with Gasteiger partial charge in [-0.25, -0.2) is 9.97 Å². The van der Waals surface area contributed by atoms with Gasteiger partial charge in [-0.05, 0) is 36.4 Å². The standard InChI is InChI=1S/C20H16N4O2S2/c21-18-15(7-8-16(24-18)20-22-10-11-27-20)19(25)23-12-14-6-9-17(28-14)26-13-4-2-1-3-5-13/h1-11H,12H2,(H2,21,24)(H,23,25). The lowest BCUT2D eigenvalue weighted by molar-refractivity contribution is 0.0952. The maximum absolute atomic E-state index is 12.5. The molecule has 0 saturated heterocycles. The molecule has 0 radical (unpaired) electrons. The van der Waals surface area contributed by atoms with Gasteiger partial charge in [0.25, 0.3) is 5.91 Å². The van der Waals surface area contributed by atoms with Gasteiger partial charge in [0.15, 0.2) is 5.06 Å². The summed E-state index contributed by atoms with van der Waals surface area (Å²) in [6.07, 6.45) is 1.70. The molecule has 0 saturated carbocycles. The van der Waals surface area contributed by atoms with Crippen molar-refractivity contribution < 1.29 is 9.53 Å². The van der Waals surface area contributed by atoms with Crippen molar-refractivity contribution in [3.8, 4) is 21.5 Å². The molecule has 0 aliphatic heterocycles. The van der Waals surface area contributed by atoms with Gasteiger partial charge in [-0.1, -0.05) is 18.2 Å². The minimum absolute atomic E-state index is 0.185. The number of anilines is 1. The number of nitrogens with two attached hydrogens (primary N) is 1. The van der Waals surface area contributed by atoms with Gasteiger partial charge in [0.2, 0.25) is 0 Å². The maximum atomic E-state index is 12.5. The number of thiazole rings is 1. The van der Waals surface area contributed by atoms with E-state index in [2.05, 4.69) is 15.3 Å². The molecule has 3 N–H and O–H groups in total. The molecule has 0 unspecified atom stereocenters. The highest BCUT2D eigenvalue weighted by atomic mass is 32.1. The number of carbonyl (C=O) groups excluding carboxylic acids is 1. The summed E-state index contributed by atoms with van der Waals surface area (Å²) in [6.45, 7) is 0.384. The molecule has 0 atom stereocenters. The van der Waals surface area contributed by atoms with Crippen molar-refractivity contribution in [2.45, 2.75) is 6.54 Å². The molecule has 3 heterocycles. The number of nitrogen functional groups attached to an aromatic ring is 1. The fourth-order valence-corrected chi connectivity index (χ4v) is 3.93. The van der Waals surface area contributed by atoms with Gasteiger partial charge >= 0.3 is 0 Å². The van der Waals surface area contributed by atoms with Crippen molar-refractivity contribution in [3.05, 3.63) is 76.6 Å². The van der Waals surface area contributed by atoms with Crippen LogP contribution in [0.4, 0.5) is 5.82 Å². The highest BCUT2D eigenvalue weighted by molar-refractivity contribution is 7.13. The Labute approximate surface area is 169 Å². The minimum atomic E-state index is -0.269. The largest absolute Gasteiger partial charge is 0.447 e. The summed E-state index contributed by atoms with van der Waals surface area (Å²) >= 11 is 2.95. The van der Waals surface area contributed by atoms with Gasteiger partial charge in [-0.3, -0.25) is 4.79 Å². The summed E-state index contributed by atoms with van der Waals surface area (Å²) in [7, 11) is 0. The second kappa shape index (κ2) is 8.20. The van der Waals surface area contributed by atoms with Crippen LogP contribution in [0.2, 0.25) is 0 Å². The van der Waals surface area contributed by atoms with Crippen LogP contribution in [0.15, 0.2) is 66.2 Å². The van der Waals surface area contributed by atoms with Crippen molar-refractivity contribution in [2.75, 3.05) is 5.73 Å². The minimum Gasteiger partial charge on any atom is -0.447 e. The SMILES string of the molecule is Nc1nc(-c2nccs2)ccc1C(=O)NCc1ccc(Oc2ccccc2)s1. The first-order chi connectivity index (χ1) is 13.7. The molecule has 3 aromatic heterocycles. The number of hydrogen-bond acceptors (Lipinski definition) is 7. The molecule has 8 heteroatoms. The summed E-state index contributed by atoms with van der Waals surface area (Å²) < 4.78 is 5.79. The second-order valence-electron chi connectivity index (χ2n) is 5.79. The first-order valence-electron chi connectivity index (χ1n) is 8.45. The van der Waals surface area contributed by atoms with Crippen molar-refractivity contribution >= 4 is 34.4 Å². The molecule has 0 aliphatic carbocycles. The quantitative estimate of drug-likeness (QED) is 0.488. The van der Waals surface area contributed by atoms with Crippen LogP contribution >= 0.6 is 22.7 Å². The van der Waals surface area contributed by atoms with Crippen molar-refractivity contribution in [2.24, 2.45) is 0 Å². The molecule has 0 aliphatic rings. The van der Waals surface area contributed by atoms with Crippen LogP contribution in [0.5, 0.6) is 10.8 Å². The summed E-state index contributed by atoms with van der Waals surface area (Å²) in [4.78, 5) is 21.9. The molecule has 6 nitrogen and oxygen atoms in total. The number of aromatic nitrogens is 2. The van der Waals surface area contributed by atoms with E-state index in [4.69, 9.17) is 10.5 Å². The van der Waals surface area contributed by atoms with Crippen LogP contribution in [0.25, 0.3) is 10.7 Å². The predicted octanol–water partition coefficient (Wildman–Crippen LogP) is 4.57. The molecular formula is C20H16N4O2S2. The van der Waals surface area contributed by atoms with Gasteiger partial charge in [0.1, 0.15) is 22.3 Å². The summed E-state index contributed by atoms with van der Waals surface area (Å²) in [5.74, 6) is 0.693. The van der Waals surface area contributed by atoms with Crippen LogP contribution in [0.1, 0.15) is 15.2 Å². The van der Waals surface area contributed by atoms with Crippen LogP contribution in [0, 0.1) is 0 Å². The van der Waals surface area contributed by atoms with E-state index in [0.29, 0.717) is 17.8 Å². The van der Waals surface area contributed by atoms with Gasteiger partial charge in [-0.2, -0.15) is 0 Å². The highest BCUT2D eigenvalue weighted by Crippen LogP contribution is 2.29. The molecule has 1 aromatic carbocycles. The zero-order chi connectivity index (χ0) is 19.3. The number of hydrogen-bond donors (Lipinski definition) is 2. The van der Waals surface area contributed by atoms with Gasteiger partial charge in [-0.15, -0.1) is 22.7 Å². The number of amides is 1. The van der Waals surface area contributed by atoms with E-state index in [1.807, 2.05) is 47.8 Å². The van der Waals surface area contributed by atoms with E-state index in [-0.39, 0.29) is 11.7 Å². The third kappa shape index (κ3) is 4.19. The molecule has 0 fully saturated rings. The van der Waals surface area contributed by atoms with Gasteiger partial charge in [0.05, 0.1) is 12.1 Å². The van der Waals surface area contributed by atoms with Gasteiger partial charge < -0.3 is 15.8 Å². The molecule has 1 amide bonds. The zero-order valence-electron chi connectivity index (χ0n) is 14.7. The first kappa shape index (κ1) is 18.1. The monoisotopic (exact) mass is 408 g/mol. The zero-order valence-corrected chi connectivity index (χ0v) is 16.3. The third-order valence-corrected chi connectivity index (χ3v) is 5.60. The van der Waals surface area contributed by atoms with Crippen molar-refractivity contribution in [3.63, 3.8) is 0 Å². The number of thiophene rings is 1. The van der Waals surface area contributed by atoms with Crippen molar-refractivity contribution in [1.29, 1.82) is 0 Å². The highest BCUT2D eigenvalue weighted by Gasteiger charge is 2.13. The van der Waals surface area contributed by atoms with E-state index >= 15 is 0 Å². The molecular weight excluding hydrogens is 392 g/mol. The number of para-hydroxylation sites is 1. The molecule has 4 aromatic rings. The smallest absolute Gasteiger partial charge is 0.255 e. The molecule has 28 heavy (non-hydrogen) atoms. The Morgan fingerprint density at radius 1 is 1.11 bits per heavy atom. The Morgan fingerprint density at radius 2 is 1.96 bits per heavy atom. The van der Waals surface area contributed by atoms with E-state index < -0.39 is 0 Å². The number of nitrogens with one attached hydrogen (secondary N) is 1. The Bertz CT molecular complexity index is 1080.